The van der Waals surface area contributed by atoms with Crippen molar-refractivity contribution in [3.05, 3.63) is 67.6 Å². The number of fused-ring (bicyclic) bond motifs is 1. The van der Waals surface area contributed by atoms with Crippen LogP contribution < -0.4 is 11.3 Å². The Balaban J connectivity index is 2.05. The molecule has 0 saturated heterocycles. The van der Waals surface area contributed by atoms with E-state index in [1.54, 1.807) is 24.4 Å². The van der Waals surface area contributed by atoms with E-state index in [1.807, 2.05) is 6.92 Å². The molecule has 27 heavy (non-hydrogen) atoms. The maximum absolute atomic E-state index is 12.6. The molecule has 2 heterocycles. The van der Waals surface area contributed by atoms with E-state index in [9.17, 15) is 14.7 Å². The first-order chi connectivity index (χ1) is 12.8. The van der Waals surface area contributed by atoms with Gasteiger partial charge in [-0.05, 0) is 72.2 Å². The molecule has 2 aromatic heterocycles. The monoisotopic (exact) mass is 402 g/mol. The van der Waals surface area contributed by atoms with Crippen LogP contribution in [0.15, 0.2) is 35.3 Å². The van der Waals surface area contributed by atoms with Gasteiger partial charge in [0.1, 0.15) is 5.56 Å². The van der Waals surface area contributed by atoms with Crippen LogP contribution in [0.4, 0.5) is 5.69 Å². The van der Waals surface area contributed by atoms with E-state index in [2.05, 4.69) is 0 Å². The summed E-state index contributed by atoms with van der Waals surface area (Å²) >= 11 is 12.4. The average Bonchev–Trinajstić information content (AvgIpc) is 3.45. The Bertz CT molecular complexity index is 1160. The minimum absolute atomic E-state index is 0.208. The maximum atomic E-state index is 12.6. The number of aromatic carboxylic acids is 1. The van der Waals surface area contributed by atoms with Gasteiger partial charge in [-0.2, -0.15) is 0 Å². The number of hydrogen-bond acceptors (Lipinski definition) is 3. The van der Waals surface area contributed by atoms with Gasteiger partial charge < -0.3 is 10.8 Å². The molecule has 7 heteroatoms. The highest BCUT2D eigenvalue weighted by Gasteiger charge is 2.29. The quantitative estimate of drug-likeness (QED) is 0.619. The average molecular weight is 403 g/mol. The Morgan fingerprint density at radius 3 is 2.41 bits per heavy atom. The second-order valence-electron chi connectivity index (χ2n) is 6.82. The third kappa shape index (κ3) is 2.87. The van der Waals surface area contributed by atoms with Crippen LogP contribution in [0.2, 0.25) is 10.0 Å². The molecular weight excluding hydrogens is 387 g/mol. The molecule has 4 rings (SSSR count). The molecule has 0 spiro atoms. The van der Waals surface area contributed by atoms with Crippen molar-refractivity contribution in [1.82, 2.24) is 4.40 Å². The van der Waals surface area contributed by atoms with Crippen LogP contribution in [-0.4, -0.2) is 15.5 Å². The van der Waals surface area contributed by atoms with Crippen molar-refractivity contribution >= 4 is 40.4 Å². The Morgan fingerprint density at radius 1 is 1.22 bits per heavy atom. The summed E-state index contributed by atoms with van der Waals surface area (Å²) in [6.45, 7) is 1.91. The number of carboxylic acids is 1. The van der Waals surface area contributed by atoms with E-state index in [0.717, 1.165) is 40.6 Å². The largest absolute Gasteiger partial charge is 0.477 e. The molecule has 1 aromatic carbocycles. The number of carbonyl (C=O) groups is 1. The molecule has 0 radical (unpaired) electrons. The first kappa shape index (κ1) is 17.9. The number of nitrogens with zero attached hydrogens (tertiary/aromatic N) is 1. The van der Waals surface area contributed by atoms with Crippen molar-refractivity contribution in [2.75, 3.05) is 5.73 Å². The molecule has 0 unspecified atom stereocenters. The summed E-state index contributed by atoms with van der Waals surface area (Å²) in [6, 6.07) is 6.77. The standard InChI is InChI=1S/C20H16Cl2N2O3/c1-9-12(11-6-15(21)17(23)16(22)7-11)4-5-24-18(9)13(10-2-3-10)8-14(19(24)25)20(26)27/h4-8,10H,2-3,23H2,1H3,(H,26,27). The predicted molar refractivity (Wildman–Crippen MR) is 107 cm³/mol. The fraction of sp³-hybridized carbons (Fsp3) is 0.200. The number of carboxylic acid groups (broad SMARTS) is 1. The molecule has 0 bridgehead atoms. The molecule has 1 aliphatic rings. The fourth-order valence-corrected chi connectivity index (χ4v) is 4.00. The number of hydrogen-bond donors (Lipinski definition) is 2. The number of nitrogens with two attached hydrogens (primary N) is 1. The molecule has 0 aliphatic heterocycles. The van der Waals surface area contributed by atoms with E-state index in [1.165, 1.54) is 10.5 Å². The van der Waals surface area contributed by atoms with E-state index in [-0.39, 0.29) is 11.5 Å². The number of rotatable bonds is 3. The van der Waals surface area contributed by atoms with E-state index < -0.39 is 11.5 Å². The number of benzene rings is 1. The van der Waals surface area contributed by atoms with Crippen LogP contribution in [0.1, 0.15) is 40.2 Å². The van der Waals surface area contributed by atoms with Crippen LogP contribution in [0.5, 0.6) is 0 Å². The van der Waals surface area contributed by atoms with E-state index in [0.29, 0.717) is 15.7 Å². The van der Waals surface area contributed by atoms with Gasteiger partial charge in [0.15, 0.2) is 0 Å². The van der Waals surface area contributed by atoms with Gasteiger partial charge in [-0.1, -0.05) is 23.2 Å². The minimum Gasteiger partial charge on any atom is -0.477 e. The van der Waals surface area contributed by atoms with Crippen molar-refractivity contribution in [2.45, 2.75) is 25.7 Å². The minimum atomic E-state index is -1.21. The normalized spacial score (nSPS) is 13.9. The zero-order chi connectivity index (χ0) is 19.5. The highest BCUT2D eigenvalue weighted by atomic mass is 35.5. The highest BCUT2D eigenvalue weighted by molar-refractivity contribution is 6.39. The zero-order valence-electron chi connectivity index (χ0n) is 14.4. The van der Waals surface area contributed by atoms with Gasteiger partial charge in [0.05, 0.1) is 21.2 Å². The Morgan fingerprint density at radius 2 is 1.85 bits per heavy atom. The van der Waals surface area contributed by atoms with Crippen LogP contribution in [0, 0.1) is 6.92 Å². The topological polar surface area (TPSA) is 84.8 Å². The fourth-order valence-electron chi connectivity index (χ4n) is 3.51. The van der Waals surface area contributed by atoms with Gasteiger partial charge in [0, 0.05) is 6.20 Å². The Kier molecular flexibility index (Phi) is 4.17. The molecular formula is C20H16Cl2N2O3. The number of aryl methyl sites for hydroxylation is 1. The smallest absolute Gasteiger partial charge is 0.341 e. The highest BCUT2D eigenvalue weighted by Crippen LogP contribution is 2.44. The number of aromatic nitrogens is 1. The van der Waals surface area contributed by atoms with Gasteiger partial charge in [-0.15, -0.1) is 0 Å². The third-order valence-corrected chi connectivity index (χ3v) is 5.68. The van der Waals surface area contributed by atoms with Crippen LogP contribution >= 0.6 is 23.2 Å². The SMILES string of the molecule is Cc1c(-c2cc(Cl)c(N)c(Cl)c2)ccn2c(=O)c(C(=O)O)cc(C3CC3)c12. The lowest BCUT2D eigenvalue weighted by molar-refractivity contribution is 0.0694. The molecule has 1 saturated carbocycles. The summed E-state index contributed by atoms with van der Waals surface area (Å²) in [5, 5.41) is 10.1. The van der Waals surface area contributed by atoms with Crippen molar-refractivity contribution in [3.8, 4) is 11.1 Å². The molecule has 3 N–H and O–H groups in total. The number of anilines is 1. The van der Waals surface area contributed by atoms with Crippen molar-refractivity contribution in [3.63, 3.8) is 0 Å². The number of nitrogen functional groups attached to an aromatic ring is 1. The molecule has 0 atom stereocenters. The number of halogens is 2. The maximum Gasteiger partial charge on any atom is 0.341 e. The van der Waals surface area contributed by atoms with Crippen LogP contribution in [-0.2, 0) is 0 Å². The Labute approximate surface area is 164 Å². The zero-order valence-corrected chi connectivity index (χ0v) is 15.9. The summed E-state index contributed by atoms with van der Waals surface area (Å²) in [7, 11) is 0. The van der Waals surface area contributed by atoms with Gasteiger partial charge >= 0.3 is 5.97 Å². The van der Waals surface area contributed by atoms with Crippen LogP contribution in [0.3, 0.4) is 0 Å². The van der Waals surface area contributed by atoms with E-state index in [4.69, 9.17) is 28.9 Å². The van der Waals surface area contributed by atoms with Gasteiger partial charge in [0.2, 0.25) is 0 Å². The lowest BCUT2D eigenvalue weighted by Crippen LogP contribution is -2.23. The lowest BCUT2D eigenvalue weighted by Gasteiger charge is -2.16. The predicted octanol–water partition coefficient (Wildman–Crippen LogP) is 4.74. The van der Waals surface area contributed by atoms with Crippen molar-refractivity contribution in [2.24, 2.45) is 0 Å². The summed E-state index contributed by atoms with van der Waals surface area (Å²) < 4.78 is 1.43. The molecule has 5 nitrogen and oxygen atoms in total. The van der Waals surface area contributed by atoms with Crippen molar-refractivity contribution < 1.29 is 9.90 Å². The van der Waals surface area contributed by atoms with Gasteiger partial charge in [0.25, 0.3) is 5.56 Å². The van der Waals surface area contributed by atoms with Gasteiger partial charge in [-0.25, -0.2) is 4.79 Å². The second-order valence-corrected chi connectivity index (χ2v) is 7.64. The third-order valence-electron chi connectivity index (χ3n) is 5.05. The first-order valence-electron chi connectivity index (χ1n) is 8.46. The molecule has 1 fully saturated rings. The number of pyridine rings is 2. The molecule has 0 amide bonds. The van der Waals surface area contributed by atoms with Crippen LogP contribution in [0.25, 0.3) is 16.6 Å². The summed E-state index contributed by atoms with van der Waals surface area (Å²) in [6.07, 6.45) is 3.57. The van der Waals surface area contributed by atoms with Gasteiger partial charge in [-0.3, -0.25) is 9.20 Å². The lowest BCUT2D eigenvalue weighted by atomic mass is 9.96. The summed E-state index contributed by atoms with van der Waals surface area (Å²) in [4.78, 5) is 24.1. The first-order valence-corrected chi connectivity index (χ1v) is 9.22. The molecule has 1 aliphatic carbocycles. The van der Waals surface area contributed by atoms with E-state index >= 15 is 0 Å². The van der Waals surface area contributed by atoms with Crippen molar-refractivity contribution in [1.29, 1.82) is 0 Å². The molecule has 3 aromatic rings. The Hall–Kier alpha value is -2.50. The molecule has 138 valence electrons. The summed E-state index contributed by atoms with van der Waals surface area (Å²) in [5.41, 5.74) is 9.56. The summed E-state index contributed by atoms with van der Waals surface area (Å²) in [5.74, 6) is -0.943. The second kappa shape index (κ2) is 6.29.